The Bertz CT molecular complexity index is 900. The highest BCUT2D eigenvalue weighted by Crippen LogP contribution is 2.30. The van der Waals surface area contributed by atoms with E-state index < -0.39 is 0 Å². The molecule has 0 radical (unpaired) electrons. The Labute approximate surface area is 163 Å². The van der Waals surface area contributed by atoms with Gasteiger partial charge in [-0.3, -0.25) is 4.79 Å². The van der Waals surface area contributed by atoms with Crippen LogP contribution < -0.4 is 4.74 Å². The number of benzene rings is 2. The molecule has 3 aromatic rings. The number of nitrogens with zero attached hydrogens (tertiary/aromatic N) is 1. The highest BCUT2D eigenvalue weighted by molar-refractivity contribution is 5.91. The molecule has 144 valence electrons. The van der Waals surface area contributed by atoms with Crippen LogP contribution in [0, 0.1) is 5.82 Å². The summed E-state index contributed by atoms with van der Waals surface area (Å²) in [5.74, 6) is 0.868. The van der Waals surface area contributed by atoms with Gasteiger partial charge in [-0.1, -0.05) is 24.3 Å². The summed E-state index contributed by atoms with van der Waals surface area (Å²) >= 11 is 0. The van der Waals surface area contributed by atoms with Gasteiger partial charge in [0.1, 0.15) is 11.6 Å². The Morgan fingerprint density at radius 2 is 1.75 bits per heavy atom. The van der Waals surface area contributed by atoms with Gasteiger partial charge in [-0.25, -0.2) is 4.39 Å². The molecule has 1 aromatic heterocycles. The molecule has 0 spiro atoms. The molecular weight excluding hydrogens is 357 g/mol. The smallest absolute Gasteiger partial charge is 0.290 e. The van der Waals surface area contributed by atoms with Crippen LogP contribution >= 0.6 is 0 Å². The molecule has 4 nitrogen and oxygen atoms in total. The molecule has 1 heterocycles. The van der Waals surface area contributed by atoms with Gasteiger partial charge in [-0.2, -0.15) is 0 Å². The summed E-state index contributed by atoms with van der Waals surface area (Å²) in [4.78, 5) is 14.5. The molecule has 2 aromatic carbocycles. The maximum atomic E-state index is 12.9. The number of hydrogen-bond donors (Lipinski definition) is 0. The minimum atomic E-state index is -0.231. The number of rotatable bonds is 8. The molecule has 0 unspecified atom stereocenters. The molecule has 0 saturated heterocycles. The fourth-order valence-electron chi connectivity index (χ4n) is 3.12. The minimum absolute atomic E-state index is 0.0628. The summed E-state index contributed by atoms with van der Waals surface area (Å²) < 4.78 is 24.0. The first kappa shape index (κ1) is 18.3. The Morgan fingerprint density at radius 3 is 2.39 bits per heavy atom. The number of furan rings is 1. The van der Waals surface area contributed by atoms with Crippen LogP contribution in [-0.2, 0) is 13.0 Å². The quantitative estimate of drug-likeness (QED) is 0.562. The number of halogens is 1. The first-order chi connectivity index (χ1) is 13.7. The molecule has 0 aliphatic heterocycles. The monoisotopic (exact) mass is 379 g/mol. The molecule has 4 rings (SSSR count). The summed E-state index contributed by atoms with van der Waals surface area (Å²) in [7, 11) is 0. The van der Waals surface area contributed by atoms with Gasteiger partial charge in [0.05, 0.1) is 12.9 Å². The van der Waals surface area contributed by atoms with Crippen LogP contribution in [0.25, 0.3) is 0 Å². The van der Waals surface area contributed by atoms with E-state index in [4.69, 9.17) is 9.15 Å². The maximum Gasteiger partial charge on any atom is 0.290 e. The van der Waals surface area contributed by atoms with E-state index in [9.17, 15) is 9.18 Å². The van der Waals surface area contributed by atoms with E-state index in [-0.39, 0.29) is 11.7 Å². The second-order valence-corrected chi connectivity index (χ2v) is 7.01. The highest BCUT2D eigenvalue weighted by Gasteiger charge is 2.34. The molecule has 28 heavy (non-hydrogen) atoms. The third-order valence-electron chi connectivity index (χ3n) is 4.83. The lowest BCUT2D eigenvalue weighted by Crippen LogP contribution is -2.32. The van der Waals surface area contributed by atoms with Crippen molar-refractivity contribution in [3.63, 3.8) is 0 Å². The normalized spacial score (nSPS) is 13.3. The van der Waals surface area contributed by atoms with Gasteiger partial charge in [0.15, 0.2) is 5.76 Å². The average molecular weight is 379 g/mol. The van der Waals surface area contributed by atoms with E-state index in [2.05, 4.69) is 0 Å². The van der Waals surface area contributed by atoms with Crippen molar-refractivity contribution in [2.24, 2.45) is 0 Å². The second-order valence-electron chi connectivity index (χ2n) is 7.01. The standard InChI is InChI=1S/C23H22FNO3/c24-19-7-3-17(4-8-19)13-15-27-21-11-5-18(6-12-21)16-25(20-9-10-20)23(26)22-2-1-14-28-22/h1-8,11-12,14,20H,9-10,13,15-16H2. The van der Waals surface area contributed by atoms with Crippen LogP contribution in [0.15, 0.2) is 71.3 Å². The largest absolute Gasteiger partial charge is 0.493 e. The second kappa shape index (κ2) is 8.30. The van der Waals surface area contributed by atoms with E-state index in [1.165, 1.54) is 18.4 Å². The average Bonchev–Trinajstić information content (AvgIpc) is 3.41. The Kier molecular flexibility index (Phi) is 5.42. The van der Waals surface area contributed by atoms with Crippen molar-refractivity contribution < 1.29 is 18.3 Å². The van der Waals surface area contributed by atoms with Crippen molar-refractivity contribution in [2.45, 2.75) is 31.8 Å². The summed E-state index contributed by atoms with van der Waals surface area (Å²) in [5.41, 5.74) is 2.09. The topological polar surface area (TPSA) is 42.7 Å². The molecular formula is C23H22FNO3. The van der Waals surface area contributed by atoms with Crippen LogP contribution in [0.2, 0.25) is 0 Å². The Hall–Kier alpha value is -3.08. The lowest BCUT2D eigenvalue weighted by atomic mass is 10.1. The van der Waals surface area contributed by atoms with Gasteiger partial charge >= 0.3 is 0 Å². The van der Waals surface area contributed by atoms with Gasteiger partial charge in [0, 0.05) is 19.0 Å². The van der Waals surface area contributed by atoms with Crippen molar-refractivity contribution in [1.82, 2.24) is 4.90 Å². The third-order valence-corrected chi connectivity index (χ3v) is 4.83. The molecule has 1 amide bonds. The zero-order chi connectivity index (χ0) is 19.3. The van der Waals surface area contributed by atoms with Gasteiger partial charge in [-0.15, -0.1) is 0 Å². The number of carbonyl (C=O) groups is 1. The zero-order valence-electron chi connectivity index (χ0n) is 15.5. The first-order valence-electron chi connectivity index (χ1n) is 9.50. The molecule has 0 N–H and O–H groups in total. The SMILES string of the molecule is O=C(c1ccco1)N(Cc1ccc(OCCc2ccc(F)cc2)cc1)C1CC1. The summed E-state index contributed by atoms with van der Waals surface area (Å²) in [6.07, 6.45) is 4.32. The molecule has 5 heteroatoms. The van der Waals surface area contributed by atoms with E-state index in [0.717, 1.165) is 36.1 Å². The first-order valence-corrected chi connectivity index (χ1v) is 9.50. The van der Waals surface area contributed by atoms with Gasteiger partial charge in [0.25, 0.3) is 5.91 Å². The number of hydrogen-bond acceptors (Lipinski definition) is 3. The van der Waals surface area contributed by atoms with Crippen molar-refractivity contribution in [3.05, 3.63) is 89.6 Å². The van der Waals surface area contributed by atoms with Crippen molar-refractivity contribution in [3.8, 4) is 5.75 Å². The number of ether oxygens (including phenoxy) is 1. The molecule has 1 saturated carbocycles. The summed E-state index contributed by atoms with van der Waals surface area (Å²) in [6, 6.07) is 18.0. The minimum Gasteiger partial charge on any atom is -0.493 e. The molecule has 0 atom stereocenters. The van der Waals surface area contributed by atoms with Crippen molar-refractivity contribution in [1.29, 1.82) is 0 Å². The van der Waals surface area contributed by atoms with Crippen LogP contribution in [0.3, 0.4) is 0 Å². The summed E-state index contributed by atoms with van der Waals surface area (Å²) in [5, 5.41) is 0. The molecule has 1 fully saturated rings. The lowest BCUT2D eigenvalue weighted by Gasteiger charge is -2.21. The number of carbonyl (C=O) groups excluding carboxylic acids is 1. The maximum absolute atomic E-state index is 12.9. The van der Waals surface area contributed by atoms with Gasteiger partial charge < -0.3 is 14.1 Å². The molecule has 0 bridgehead atoms. The van der Waals surface area contributed by atoms with Crippen LogP contribution in [0.5, 0.6) is 5.75 Å². The summed E-state index contributed by atoms with van der Waals surface area (Å²) in [6.45, 7) is 1.08. The zero-order valence-corrected chi connectivity index (χ0v) is 15.5. The van der Waals surface area contributed by atoms with E-state index in [0.29, 0.717) is 25.0 Å². The number of amides is 1. The lowest BCUT2D eigenvalue weighted by molar-refractivity contribution is 0.0697. The van der Waals surface area contributed by atoms with Gasteiger partial charge in [-0.05, 0) is 60.4 Å². The Morgan fingerprint density at radius 1 is 1.04 bits per heavy atom. The highest BCUT2D eigenvalue weighted by atomic mass is 19.1. The van der Waals surface area contributed by atoms with Crippen LogP contribution in [-0.4, -0.2) is 23.5 Å². The van der Waals surface area contributed by atoms with Crippen molar-refractivity contribution in [2.75, 3.05) is 6.61 Å². The predicted octanol–water partition coefficient (Wildman–Crippen LogP) is 4.85. The van der Waals surface area contributed by atoms with E-state index in [1.807, 2.05) is 29.2 Å². The molecule has 1 aliphatic rings. The van der Waals surface area contributed by atoms with E-state index in [1.54, 1.807) is 24.3 Å². The van der Waals surface area contributed by atoms with Crippen LogP contribution in [0.1, 0.15) is 34.5 Å². The molecule has 1 aliphatic carbocycles. The predicted molar refractivity (Wildman–Crippen MR) is 104 cm³/mol. The van der Waals surface area contributed by atoms with Gasteiger partial charge in [0.2, 0.25) is 0 Å². The van der Waals surface area contributed by atoms with Crippen LogP contribution in [0.4, 0.5) is 4.39 Å². The van der Waals surface area contributed by atoms with E-state index >= 15 is 0 Å². The Balaban J connectivity index is 1.32. The third kappa shape index (κ3) is 4.60. The fraction of sp³-hybridized carbons (Fsp3) is 0.261. The fourth-order valence-corrected chi connectivity index (χ4v) is 3.12. The van der Waals surface area contributed by atoms with Crippen molar-refractivity contribution >= 4 is 5.91 Å².